The first kappa shape index (κ1) is 16.5. The van der Waals surface area contributed by atoms with Gasteiger partial charge >= 0.3 is 0 Å². The van der Waals surface area contributed by atoms with Gasteiger partial charge in [-0.1, -0.05) is 37.3 Å². The van der Waals surface area contributed by atoms with E-state index in [1.54, 1.807) is 4.31 Å². The summed E-state index contributed by atoms with van der Waals surface area (Å²) in [5.74, 6) is 0.202. The van der Waals surface area contributed by atoms with E-state index in [0.717, 1.165) is 37.9 Å². The van der Waals surface area contributed by atoms with Crippen LogP contribution in [0, 0.1) is 0 Å². The fourth-order valence-corrected chi connectivity index (χ4v) is 4.68. The molecule has 118 valence electrons. The summed E-state index contributed by atoms with van der Waals surface area (Å²) in [6.07, 6.45) is 3.47. The van der Waals surface area contributed by atoms with Crippen molar-refractivity contribution in [2.24, 2.45) is 0 Å². The maximum Gasteiger partial charge on any atom is 0.214 e. The second-order valence-electron chi connectivity index (χ2n) is 5.66. The molecule has 0 amide bonds. The molecule has 1 N–H and O–H groups in total. The molecule has 1 aliphatic rings. The highest BCUT2D eigenvalue weighted by Gasteiger charge is 2.29. The lowest BCUT2D eigenvalue weighted by Crippen LogP contribution is -2.49. The molecule has 1 aliphatic heterocycles. The number of benzene rings is 1. The molecule has 5 heteroatoms. The van der Waals surface area contributed by atoms with Crippen LogP contribution in [-0.2, 0) is 16.4 Å². The standard InChI is InChI=1S/C16H26N2O2S/c1-2-12-18(16-9-6-11-17-14-16)21(19,20)13-10-15-7-4-3-5-8-15/h3-5,7-8,16-17H,2,6,9-14H2,1H3. The number of nitrogens with zero attached hydrogens (tertiary/aromatic N) is 1. The molecular formula is C16H26N2O2S. The van der Waals surface area contributed by atoms with E-state index in [9.17, 15) is 8.42 Å². The Morgan fingerprint density at radius 1 is 1.29 bits per heavy atom. The predicted octanol–water partition coefficient (Wildman–Crippen LogP) is 2.02. The quantitative estimate of drug-likeness (QED) is 0.838. The van der Waals surface area contributed by atoms with Crippen LogP contribution in [0.4, 0.5) is 0 Å². The van der Waals surface area contributed by atoms with E-state index in [0.29, 0.717) is 13.0 Å². The monoisotopic (exact) mass is 310 g/mol. The molecule has 1 unspecified atom stereocenters. The van der Waals surface area contributed by atoms with E-state index >= 15 is 0 Å². The van der Waals surface area contributed by atoms with Crippen molar-refractivity contribution in [3.63, 3.8) is 0 Å². The molecule has 1 aromatic carbocycles. The van der Waals surface area contributed by atoms with E-state index in [4.69, 9.17) is 0 Å². The summed E-state index contributed by atoms with van der Waals surface area (Å²) in [5.41, 5.74) is 1.08. The van der Waals surface area contributed by atoms with Crippen LogP contribution in [0.1, 0.15) is 31.7 Å². The number of hydrogen-bond acceptors (Lipinski definition) is 3. The fourth-order valence-electron chi connectivity index (χ4n) is 2.86. The molecule has 0 saturated carbocycles. The van der Waals surface area contributed by atoms with Gasteiger partial charge in [0.2, 0.25) is 10.0 Å². The first-order valence-corrected chi connectivity index (χ1v) is 9.48. The summed E-state index contributed by atoms with van der Waals surface area (Å²) >= 11 is 0. The second kappa shape index (κ2) is 7.92. The molecule has 1 heterocycles. The van der Waals surface area contributed by atoms with Gasteiger partial charge in [0.25, 0.3) is 0 Å². The van der Waals surface area contributed by atoms with Crippen LogP contribution < -0.4 is 5.32 Å². The number of aryl methyl sites for hydroxylation is 1. The van der Waals surface area contributed by atoms with Crippen molar-refractivity contribution >= 4 is 10.0 Å². The van der Waals surface area contributed by atoms with Gasteiger partial charge in [0.1, 0.15) is 0 Å². The van der Waals surface area contributed by atoms with Gasteiger partial charge in [0.05, 0.1) is 5.75 Å². The number of piperidine rings is 1. The zero-order valence-electron chi connectivity index (χ0n) is 12.8. The van der Waals surface area contributed by atoms with Gasteiger partial charge in [-0.3, -0.25) is 0 Å². The van der Waals surface area contributed by atoms with Gasteiger partial charge < -0.3 is 5.32 Å². The summed E-state index contributed by atoms with van der Waals surface area (Å²) in [5, 5.41) is 3.31. The molecule has 21 heavy (non-hydrogen) atoms. The van der Waals surface area contributed by atoms with Crippen molar-refractivity contribution in [1.29, 1.82) is 0 Å². The van der Waals surface area contributed by atoms with Crippen molar-refractivity contribution < 1.29 is 8.42 Å². The average Bonchev–Trinajstić information content (AvgIpc) is 2.52. The zero-order chi connectivity index (χ0) is 15.1. The molecule has 0 aliphatic carbocycles. The van der Waals surface area contributed by atoms with Crippen LogP contribution in [0.3, 0.4) is 0 Å². The molecule has 1 saturated heterocycles. The Kier molecular flexibility index (Phi) is 6.21. The summed E-state index contributed by atoms with van der Waals surface area (Å²) in [6.45, 7) is 4.45. The van der Waals surface area contributed by atoms with Crippen molar-refractivity contribution in [2.75, 3.05) is 25.4 Å². The lowest BCUT2D eigenvalue weighted by Gasteiger charge is -2.33. The Morgan fingerprint density at radius 3 is 2.67 bits per heavy atom. The maximum absolute atomic E-state index is 12.7. The summed E-state index contributed by atoms with van der Waals surface area (Å²) in [4.78, 5) is 0. The van der Waals surface area contributed by atoms with E-state index in [-0.39, 0.29) is 11.8 Å². The maximum atomic E-state index is 12.7. The molecule has 2 rings (SSSR count). The third-order valence-corrected chi connectivity index (χ3v) is 5.89. The number of sulfonamides is 1. The minimum absolute atomic E-state index is 0.125. The third kappa shape index (κ3) is 4.80. The largest absolute Gasteiger partial charge is 0.315 e. The van der Waals surface area contributed by atoms with E-state index in [1.807, 2.05) is 37.3 Å². The third-order valence-electron chi connectivity index (χ3n) is 3.97. The van der Waals surface area contributed by atoms with Gasteiger partial charge in [0, 0.05) is 19.1 Å². The molecule has 1 aromatic rings. The van der Waals surface area contributed by atoms with Gasteiger partial charge in [-0.25, -0.2) is 8.42 Å². The van der Waals surface area contributed by atoms with Crippen LogP contribution in [0.15, 0.2) is 30.3 Å². The normalized spacial score (nSPS) is 19.8. The fraction of sp³-hybridized carbons (Fsp3) is 0.625. The second-order valence-corrected chi connectivity index (χ2v) is 7.70. The lowest BCUT2D eigenvalue weighted by molar-refractivity contribution is 0.266. The highest BCUT2D eigenvalue weighted by atomic mass is 32.2. The van der Waals surface area contributed by atoms with Crippen LogP contribution in [-0.4, -0.2) is 44.2 Å². The van der Waals surface area contributed by atoms with E-state index in [1.165, 1.54) is 0 Å². The molecule has 1 atom stereocenters. The molecular weight excluding hydrogens is 284 g/mol. The smallest absolute Gasteiger partial charge is 0.214 e. The number of rotatable bonds is 7. The Hall–Kier alpha value is -0.910. The Morgan fingerprint density at radius 2 is 2.05 bits per heavy atom. The molecule has 1 fully saturated rings. The minimum atomic E-state index is -3.19. The number of nitrogens with one attached hydrogen (secondary N) is 1. The Labute approximate surface area is 128 Å². The summed E-state index contributed by atoms with van der Waals surface area (Å²) < 4.78 is 27.1. The van der Waals surface area contributed by atoms with Crippen LogP contribution in [0.25, 0.3) is 0 Å². The van der Waals surface area contributed by atoms with Crippen molar-refractivity contribution in [2.45, 2.75) is 38.6 Å². The summed E-state index contributed by atoms with van der Waals surface area (Å²) in [6, 6.07) is 9.96. The van der Waals surface area contributed by atoms with Crippen molar-refractivity contribution in [1.82, 2.24) is 9.62 Å². The zero-order valence-corrected chi connectivity index (χ0v) is 13.6. The number of hydrogen-bond donors (Lipinski definition) is 1. The SMILES string of the molecule is CCCN(C1CCCNC1)S(=O)(=O)CCc1ccccc1. The predicted molar refractivity (Wildman–Crippen MR) is 86.8 cm³/mol. The molecule has 0 bridgehead atoms. The molecule has 0 aromatic heterocycles. The highest BCUT2D eigenvalue weighted by molar-refractivity contribution is 7.89. The minimum Gasteiger partial charge on any atom is -0.315 e. The lowest BCUT2D eigenvalue weighted by atomic mass is 10.1. The first-order chi connectivity index (χ1) is 10.1. The van der Waals surface area contributed by atoms with E-state index < -0.39 is 10.0 Å². The van der Waals surface area contributed by atoms with Crippen molar-refractivity contribution in [3.05, 3.63) is 35.9 Å². The van der Waals surface area contributed by atoms with Gasteiger partial charge in [-0.15, -0.1) is 0 Å². The van der Waals surface area contributed by atoms with Crippen LogP contribution >= 0.6 is 0 Å². The van der Waals surface area contributed by atoms with Crippen molar-refractivity contribution in [3.8, 4) is 0 Å². The topological polar surface area (TPSA) is 49.4 Å². The molecule has 4 nitrogen and oxygen atoms in total. The first-order valence-electron chi connectivity index (χ1n) is 7.87. The van der Waals surface area contributed by atoms with Gasteiger partial charge in [-0.2, -0.15) is 4.31 Å². The molecule has 0 spiro atoms. The van der Waals surface area contributed by atoms with E-state index in [2.05, 4.69) is 5.32 Å². The average molecular weight is 310 g/mol. The Bertz CT molecular complexity index is 510. The Balaban J connectivity index is 2.02. The summed E-state index contributed by atoms with van der Waals surface area (Å²) in [7, 11) is -3.19. The van der Waals surface area contributed by atoms with Crippen LogP contribution in [0.5, 0.6) is 0 Å². The van der Waals surface area contributed by atoms with Crippen LogP contribution in [0.2, 0.25) is 0 Å². The van der Waals surface area contributed by atoms with Gasteiger partial charge in [-0.05, 0) is 37.8 Å². The van der Waals surface area contributed by atoms with Gasteiger partial charge in [0.15, 0.2) is 0 Å². The highest BCUT2D eigenvalue weighted by Crippen LogP contribution is 2.17. The molecule has 0 radical (unpaired) electrons.